The minimum absolute atomic E-state index is 0.141. The van der Waals surface area contributed by atoms with E-state index in [1.165, 1.54) is 38.5 Å². The molecule has 0 spiro atoms. The van der Waals surface area contributed by atoms with Gasteiger partial charge in [-0.3, -0.25) is 0 Å². The van der Waals surface area contributed by atoms with Crippen molar-refractivity contribution in [2.75, 3.05) is 13.1 Å². The summed E-state index contributed by atoms with van der Waals surface area (Å²) in [5.74, 6) is 0. The second kappa shape index (κ2) is 7.48. The number of carbonyl (C=O) groups is 1. The summed E-state index contributed by atoms with van der Waals surface area (Å²) in [5.41, 5.74) is -0.407. The average Bonchev–Trinajstić information content (AvgIpc) is 2.45. The standard InChI is InChI=1S/C17H32N2O2/c1-17(2,3)21-16(20)19-12-8-7-11-15(19)13-18-14-9-5-4-6-10-14/h14-15,18H,4-13H2,1-3H3. The molecule has 1 aliphatic carbocycles. The Labute approximate surface area is 129 Å². The van der Waals surface area contributed by atoms with Crippen molar-refractivity contribution in [2.45, 2.75) is 89.8 Å². The molecule has 1 saturated carbocycles. The quantitative estimate of drug-likeness (QED) is 0.863. The molecular formula is C17H32N2O2. The molecule has 4 nitrogen and oxygen atoms in total. The molecule has 0 bridgehead atoms. The fourth-order valence-corrected chi connectivity index (χ4v) is 3.38. The molecule has 0 aromatic carbocycles. The molecule has 21 heavy (non-hydrogen) atoms. The number of hydrogen-bond donors (Lipinski definition) is 1. The Kier molecular flexibility index (Phi) is 5.91. The number of piperidine rings is 1. The molecule has 1 amide bonds. The Bertz CT molecular complexity index is 332. The van der Waals surface area contributed by atoms with Crippen LogP contribution < -0.4 is 5.32 Å². The summed E-state index contributed by atoms with van der Waals surface area (Å²) in [6.45, 7) is 7.56. The van der Waals surface area contributed by atoms with E-state index >= 15 is 0 Å². The van der Waals surface area contributed by atoms with Crippen LogP contribution in [0.4, 0.5) is 4.79 Å². The first kappa shape index (κ1) is 16.6. The van der Waals surface area contributed by atoms with E-state index in [4.69, 9.17) is 4.74 Å². The zero-order valence-corrected chi connectivity index (χ0v) is 14.0. The van der Waals surface area contributed by atoms with Crippen molar-refractivity contribution in [1.29, 1.82) is 0 Å². The molecule has 2 aliphatic rings. The van der Waals surface area contributed by atoms with Crippen LogP contribution in [0.2, 0.25) is 0 Å². The maximum absolute atomic E-state index is 12.4. The zero-order valence-electron chi connectivity index (χ0n) is 14.0. The Hall–Kier alpha value is -0.770. The van der Waals surface area contributed by atoms with Gasteiger partial charge in [-0.05, 0) is 52.9 Å². The summed E-state index contributed by atoms with van der Waals surface area (Å²) in [7, 11) is 0. The first-order chi connectivity index (χ1) is 9.96. The first-order valence-corrected chi connectivity index (χ1v) is 8.69. The highest BCUT2D eigenvalue weighted by Gasteiger charge is 2.30. The van der Waals surface area contributed by atoms with Gasteiger partial charge in [0.25, 0.3) is 0 Å². The maximum Gasteiger partial charge on any atom is 0.410 e. The van der Waals surface area contributed by atoms with Gasteiger partial charge in [-0.2, -0.15) is 0 Å². The van der Waals surface area contributed by atoms with Gasteiger partial charge >= 0.3 is 6.09 Å². The zero-order chi connectivity index (χ0) is 15.3. The van der Waals surface area contributed by atoms with E-state index in [0.717, 1.165) is 25.9 Å². The number of carbonyl (C=O) groups excluding carboxylic acids is 1. The van der Waals surface area contributed by atoms with Gasteiger partial charge in [0.15, 0.2) is 0 Å². The highest BCUT2D eigenvalue weighted by molar-refractivity contribution is 5.68. The van der Waals surface area contributed by atoms with Crippen molar-refractivity contribution in [3.05, 3.63) is 0 Å². The van der Waals surface area contributed by atoms with Gasteiger partial charge in [0.2, 0.25) is 0 Å². The largest absolute Gasteiger partial charge is 0.444 e. The lowest BCUT2D eigenvalue weighted by Crippen LogP contribution is -2.51. The van der Waals surface area contributed by atoms with Crippen molar-refractivity contribution >= 4 is 6.09 Å². The van der Waals surface area contributed by atoms with Crippen molar-refractivity contribution in [1.82, 2.24) is 10.2 Å². The van der Waals surface area contributed by atoms with Crippen LogP contribution in [-0.2, 0) is 4.74 Å². The summed E-state index contributed by atoms with van der Waals surface area (Å²) in [4.78, 5) is 14.3. The molecule has 1 unspecified atom stereocenters. The Balaban J connectivity index is 1.84. The van der Waals surface area contributed by atoms with Gasteiger partial charge in [0.1, 0.15) is 5.60 Å². The number of rotatable bonds is 3. The summed E-state index contributed by atoms with van der Waals surface area (Å²) in [6.07, 6.45) is 9.92. The molecule has 1 aliphatic heterocycles. The molecule has 4 heteroatoms. The lowest BCUT2D eigenvalue weighted by molar-refractivity contribution is 0.00952. The normalized spacial score (nSPS) is 24.9. The van der Waals surface area contributed by atoms with Crippen LogP contribution >= 0.6 is 0 Å². The van der Waals surface area contributed by atoms with Crippen LogP contribution in [0.1, 0.15) is 72.1 Å². The number of ether oxygens (including phenoxy) is 1. The van der Waals surface area contributed by atoms with Crippen LogP contribution in [0.25, 0.3) is 0 Å². The van der Waals surface area contributed by atoms with E-state index in [1.807, 2.05) is 25.7 Å². The molecule has 1 saturated heterocycles. The molecular weight excluding hydrogens is 264 g/mol. The second-order valence-corrected chi connectivity index (χ2v) is 7.57. The number of hydrogen-bond acceptors (Lipinski definition) is 3. The van der Waals surface area contributed by atoms with Crippen molar-refractivity contribution in [3.63, 3.8) is 0 Å². The Morgan fingerprint density at radius 3 is 2.43 bits per heavy atom. The third kappa shape index (κ3) is 5.50. The highest BCUT2D eigenvalue weighted by atomic mass is 16.6. The maximum atomic E-state index is 12.4. The molecule has 0 radical (unpaired) electrons. The van der Waals surface area contributed by atoms with E-state index in [2.05, 4.69) is 5.32 Å². The molecule has 0 aromatic heterocycles. The van der Waals surface area contributed by atoms with Crippen LogP contribution in [0.5, 0.6) is 0 Å². The number of nitrogens with zero attached hydrogens (tertiary/aromatic N) is 1. The first-order valence-electron chi connectivity index (χ1n) is 8.69. The van der Waals surface area contributed by atoms with E-state index in [9.17, 15) is 4.79 Å². The monoisotopic (exact) mass is 296 g/mol. The predicted octanol–water partition coefficient (Wildman–Crippen LogP) is 3.70. The number of amides is 1. The fourth-order valence-electron chi connectivity index (χ4n) is 3.38. The molecule has 0 aromatic rings. The lowest BCUT2D eigenvalue weighted by Gasteiger charge is -2.38. The average molecular weight is 296 g/mol. The van der Waals surface area contributed by atoms with Crippen LogP contribution in [0.3, 0.4) is 0 Å². The summed E-state index contributed by atoms with van der Waals surface area (Å²) in [5, 5.41) is 3.69. The third-order valence-electron chi connectivity index (χ3n) is 4.50. The fraction of sp³-hybridized carbons (Fsp3) is 0.941. The molecule has 1 N–H and O–H groups in total. The molecule has 2 rings (SSSR count). The van der Waals surface area contributed by atoms with E-state index < -0.39 is 5.60 Å². The topological polar surface area (TPSA) is 41.6 Å². The molecule has 1 atom stereocenters. The summed E-state index contributed by atoms with van der Waals surface area (Å²) in [6, 6.07) is 0.955. The van der Waals surface area contributed by atoms with Gasteiger partial charge in [-0.1, -0.05) is 19.3 Å². The van der Waals surface area contributed by atoms with Crippen LogP contribution in [0, 0.1) is 0 Å². The summed E-state index contributed by atoms with van der Waals surface area (Å²) >= 11 is 0. The lowest BCUT2D eigenvalue weighted by atomic mass is 9.95. The summed E-state index contributed by atoms with van der Waals surface area (Å²) < 4.78 is 5.56. The van der Waals surface area contributed by atoms with Gasteiger partial charge in [-0.15, -0.1) is 0 Å². The highest BCUT2D eigenvalue weighted by Crippen LogP contribution is 2.22. The van der Waals surface area contributed by atoms with E-state index in [-0.39, 0.29) is 6.09 Å². The number of nitrogens with one attached hydrogen (secondary N) is 1. The van der Waals surface area contributed by atoms with Gasteiger partial charge < -0.3 is 15.0 Å². The van der Waals surface area contributed by atoms with E-state index in [1.54, 1.807) is 0 Å². The minimum Gasteiger partial charge on any atom is -0.444 e. The van der Waals surface area contributed by atoms with Crippen molar-refractivity contribution in [2.24, 2.45) is 0 Å². The van der Waals surface area contributed by atoms with Crippen LogP contribution in [0.15, 0.2) is 0 Å². The molecule has 122 valence electrons. The van der Waals surface area contributed by atoms with Crippen LogP contribution in [-0.4, -0.2) is 41.8 Å². The Morgan fingerprint density at radius 2 is 1.76 bits per heavy atom. The molecule has 2 fully saturated rings. The van der Waals surface area contributed by atoms with Gasteiger partial charge in [0, 0.05) is 25.2 Å². The second-order valence-electron chi connectivity index (χ2n) is 7.57. The van der Waals surface area contributed by atoms with Gasteiger partial charge in [-0.25, -0.2) is 4.79 Å². The van der Waals surface area contributed by atoms with Crippen molar-refractivity contribution in [3.8, 4) is 0 Å². The smallest absolute Gasteiger partial charge is 0.410 e. The van der Waals surface area contributed by atoms with E-state index in [0.29, 0.717) is 12.1 Å². The SMILES string of the molecule is CC(C)(C)OC(=O)N1CCCCC1CNC1CCCCC1. The van der Waals surface area contributed by atoms with Crippen molar-refractivity contribution < 1.29 is 9.53 Å². The predicted molar refractivity (Wildman–Crippen MR) is 85.5 cm³/mol. The Morgan fingerprint density at radius 1 is 1.10 bits per heavy atom. The molecule has 1 heterocycles. The minimum atomic E-state index is -0.407. The third-order valence-corrected chi connectivity index (χ3v) is 4.50. The number of likely N-dealkylation sites (tertiary alicyclic amines) is 1. The van der Waals surface area contributed by atoms with Gasteiger partial charge in [0.05, 0.1) is 0 Å².